The maximum Gasteiger partial charge on any atom is 0.262 e. The molecular weight excluding hydrogens is 566 g/mol. The molecule has 1 heterocycles. The molecule has 2 amide bonds. The van der Waals surface area contributed by atoms with Crippen molar-refractivity contribution in [2.45, 2.75) is 26.4 Å². The fourth-order valence-electron chi connectivity index (χ4n) is 3.98. The summed E-state index contributed by atoms with van der Waals surface area (Å²) in [5.41, 5.74) is 5.67. The van der Waals surface area contributed by atoms with Gasteiger partial charge < -0.3 is 9.88 Å². The molecule has 0 spiro atoms. The first kappa shape index (κ1) is 28.0. The maximum absolute atomic E-state index is 12.9. The Kier molecular flexibility index (Phi) is 9.00. The Morgan fingerprint density at radius 2 is 1.61 bits per heavy atom. The molecule has 4 aromatic rings. The van der Waals surface area contributed by atoms with Crippen molar-refractivity contribution in [1.29, 1.82) is 0 Å². The third kappa shape index (κ3) is 6.51. The highest BCUT2D eigenvalue weighted by Gasteiger charge is 2.25. The number of para-hydroxylation sites is 1. The summed E-state index contributed by atoms with van der Waals surface area (Å²) in [4.78, 5) is 25.6. The number of halogens is 4. The Morgan fingerprint density at radius 3 is 2.29 bits per heavy atom. The largest absolute Gasteiger partial charge is 0.342 e. The molecule has 0 saturated heterocycles. The SMILES string of the molecule is CC(C)C(NC(=O)c1ccc(Cl)c(Cl)c1)C(=O)NN=Cc1cn(Cc2ccc(Cl)c(Cl)c2)c2ccccc12. The molecule has 196 valence electrons. The smallest absolute Gasteiger partial charge is 0.262 e. The lowest BCUT2D eigenvalue weighted by molar-refractivity contribution is -0.123. The maximum atomic E-state index is 12.9. The number of amides is 2. The summed E-state index contributed by atoms with van der Waals surface area (Å²) in [7, 11) is 0. The first-order chi connectivity index (χ1) is 18.1. The summed E-state index contributed by atoms with van der Waals surface area (Å²) >= 11 is 24.2. The standard InChI is InChI=1S/C28H24Cl4N4O2/c1-16(2)26(34-27(37)18-8-10-22(30)24(32)12-18)28(38)35-33-13-19-15-36(25-6-4-3-5-20(19)25)14-17-7-9-21(29)23(31)11-17/h3-13,15-16,26H,14H2,1-2H3,(H,34,37)(H,35,38). The monoisotopic (exact) mass is 588 g/mol. The minimum absolute atomic E-state index is 0.190. The van der Waals surface area contributed by atoms with Crippen LogP contribution >= 0.6 is 46.4 Å². The highest BCUT2D eigenvalue weighted by molar-refractivity contribution is 6.42. The highest BCUT2D eigenvalue weighted by atomic mass is 35.5. The van der Waals surface area contributed by atoms with Crippen LogP contribution in [0.3, 0.4) is 0 Å². The van der Waals surface area contributed by atoms with Crippen LogP contribution in [-0.2, 0) is 11.3 Å². The quantitative estimate of drug-likeness (QED) is 0.168. The van der Waals surface area contributed by atoms with Gasteiger partial charge in [0.05, 0.1) is 26.3 Å². The molecule has 1 unspecified atom stereocenters. The zero-order chi connectivity index (χ0) is 27.4. The molecule has 4 rings (SSSR count). The fraction of sp³-hybridized carbons (Fsp3) is 0.179. The summed E-state index contributed by atoms with van der Waals surface area (Å²) in [5, 5.41) is 9.50. The van der Waals surface area contributed by atoms with E-state index in [1.165, 1.54) is 12.1 Å². The molecule has 3 aromatic carbocycles. The van der Waals surface area contributed by atoms with Crippen molar-refractivity contribution in [3.63, 3.8) is 0 Å². The van der Waals surface area contributed by atoms with Gasteiger partial charge in [0.1, 0.15) is 6.04 Å². The van der Waals surface area contributed by atoms with Crippen molar-refractivity contribution in [2.75, 3.05) is 0 Å². The zero-order valence-electron chi connectivity index (χ0n) is 20.5. The zero-order valence-corrected chi connectivity index (χ0v) is 23.5. The minimum Gasteiger partial charge on any atom is -0.342 e. The second kappa shape index (κ2) is 12.2. The van der Waals surface area contributed by atoms with Crippen LogP contribution in [0.15, 0.2) is 72.0 Å². The Labute approximate surface area is 240 Å². The summed E-state index contributed by atoms with van der Waals surface area (Å²) in [6, 6.07) is 17.2. The van der Waals surface area contributed by atoms with Gasteiger partial charge in [0.25, 0.3) is 11.8 Å². The van der Waals surface area contributed by atoms with E-state index >= 15 is 0 Å². The molecule has 0 aliphatic carbocycles. The van der Waals surface area contributed by atoms with Crippen LogP contribution in [0.4, 0.5) is 0 Å². The van der Waals surface area contributed by atoms with Crippen LogP contribution in [0.1, 0.15) is 35.3 Å². The van der Waals surface area contributed by atoms with Crippen LogP contribution in [0, 0.1) is 5.92 Å². The molecule has 0 fully saturated rings. The molecule has 38 heavy (non-hydrogen) atoms. The number of carbonyl (C=O) groups excluding carboxylic acids is 2. The van der Waals surface area contributed by atoms with Gasteiger partial charge in [0.2, 0.25) is 0 Å². The average molecular weight is 590 g/mol. The second-order valence-corrected chi connectivity index (χ2v) is 10.7. The molecule has 6 nitrogen and oxygen atoms in total. The number of hydrogen-bond donors (Lipinski definition) is 2. The van der Waals surface area contributed by atoms with Gasteiger partial charge in [-0.3, -0.25) is 9.59 Å². The van der Waals surface area contributed by atoms with Gasteiger partial charge in [-0.2, -0.15) is 5.10 Å². The van der Waals surface area contributed by atoms with E-state index in [2.05, 4.69) is 20.4 Å². The fourth-order valence-corrected chi connectivity index (χ4v) is 4.59. The molecule has 10 heteroatoms. The third-order valence-corrected chi connectivity index (χ3v) is 7.43. The Morgan fingerprint density at radius 1 is 0.921 bits per heavy atom. The summed E-state index contributed by atoms with van der Waals surface area (Å²) < 4.78 is 2.08. The van der Waals surface area contributed by atoms with E-state index in [0.29, 0.717) is 27.2 Å². The summed E-state index contributed by atoms with van der Waals surface area (Å²) in [5.74, 6) is -1.07. The molecule has 2 N–H and O–H groups in total. The van der Waals surface area contributed by atoms with Crippen LogP contribution in [0.5, 0.6) is 0 Å². The normalized spacial score (nSPS) is 12.3. The molecule has 0 bridgehead atoms. The van der Waals surface area contributed by atoms with Crippen molar-refractivity contribution in [3.05, 3.63) is 104 Å². The van der Waals surface area contributed by atoms with Crippen molar-refractivity contribution < 1.29 is 9.59 Å². The van der Waals surface area contributed by atoms with E-state index < -0.39 is 17.9 Å². The highest BCUT2D eigenvalue weighted by Crippen LogP contribution is 2.26. The first-order valence-corrected chi connectivity index (χ1v) is 13.3. The number of nitrogens with one attached hydrogen (secondary N) is 2. The molecule has 0 saturated carbocycles. The van der Waals surface area contributed by atoms with Crippen LogP contribution in [0.25, 0.3) is 10.9 Å². The van der Waals surface area contributed by atoms with Gasteiger partial charge >= 0.3 is 0 Å². The average Bonchev–Trinajstić information content (AvgIpc) is 3.23. The predicted octanol–water partition coefficient (Wildman–Crippen LogP) is 7.21. The topological polar surface area (TPSA) is 75.5 Å². The summed E-state index contributed by atoms with van der Waals surface area (Å²) in [6.45, 7) is 4.24. The van der Waals surface area contributed by atoms with E-state index in [-0.39, 0.29) is 10.9 Å². The van der Waals surface area contributed by atoms with E-state index in [1.807, 2.05) is 56.4 Å². The van der Waals surface area contributed by atoms with Crippen molar-refractivity contribution in [1.82, 2.24) is 15.3 Å². The number of fused-ring (bicyclic) bond motifs is 1. The van der Waals surface area contributed by atoms with Crippen LogP contribution < -0.4 is 10.7 Å². The number of hydrogen-bond acceptors (Lipinski definition) is 3. The van der Waals surface area contributed by atoms with Crippen molar-refractivity contribution >= 4 is 75.3 Å². The lowest BCUT2D eigenvalue weighted by Crippen LogP contribution is -2.48. The molecule has 0 aliphatic heterocycles. The van der Waals surface area contributed by atoms with Gasteiger partial charge in [-0.1, -0.05) is 84.5 Å². The minimum atomic E-state index is -0.815. The molecule has 0 aliphatic rings. The van der Waals surface area contributed by atoms with Gasteiger partial charge in [-0.05, 0) is 47.9 Å². The van der Waals surface area contributed by atoms with Gasteiger partial charge in [0.15, 0.2) is 0 Å². The lowest BCUT2D eigenvalue weighted by atomic mass is 10.0. The Bertz CT molecular complexity index is 1530. The lowest BCUT2D eigenvalue weighted by Gasteiger charge is -2.20. The third-order valence-electron chi connectivity index (χ3n) is 5.95. The van der Waals surface area contributed by atoms with E-state index in [0.717, 1.165) is 22.0 Å². The number of hydrazone groups is 1. The van der Waals surface area contributed by atoms with E-state index in [4.69, 9.17) is 46.4 Å². The summed E-state index contributed by atoms with van der Waals surface area (Å²) in [6.07, 6.45) is 3.54. The van der Waals surface area contributed by atoms with E-state index in [1.54, 1.807) is 18.3 Å². The number of nitrogens with zero attached hydrogens (tertiary/aromatic N) is 2. The Balaban J connectivity index is 1.49. The first-order valence-electron chi connectivity index (χ1n) is 11.7. The van der Waals surface area contributed by atoms with Gasteiger partial charge in [-0.25, -0.2) is 5.43 Å². The molecule has 0 radical (unpaired) electrons. The number of aromatic nitrogens is 1. The molecule has 1 atom stereocenters. The van der Waals surface area contributed by atoms with Crippen molar-refractivity contribution in [2.24, 2.45) is 11.0 Å². The van der Waals surface area contributed by atoms with E-state index in [9.17, 15) is 9.59 Å². The number of rotatable bonds is 8. The van der Waals surface area contributed by atoms with Crippen molar-refractivity contribution in [3.8, 4) is 0 Å². The van der Waals surface area contributed by atoms with Crippen LogP contribution in [0.2, 0.25) is 20.1 Å². The van der Waals surface area contributed by atoms with Gasteiger partial charge in [-0.15, -0.1) is 0 Å². The second-order valence-electron chi connectivity index (χ2n) is 9.04. The number of carbonyl (C=O) groups is 2. The predicted molar refractivity (Wildman–Crippen MR) is 156 cm³/mol. The van der Waals surface area contributed by atoms with Gasteiger partial charge in [0, 0.05) is 34.8 Å². The number of benzene rings is 3. The Hall–Kier alpha value is -3.03. The van der Waals surface area contributed by atoms with Crippen LogP contribution in [-0.4, -0.2) is 28.6 Å². The molecule has 1 aromatic heterocycles. The molecular formula is C28H24Cl4N4O2.